The fourth-order valence-corrected chi connectivity index (χ4v) is 1.51. The summed E-state index contributed by atoms with van der Waals surface area (Å²) >= 11 is 0. The van der Waals surface area contributed by atoms with Crippen LogP contribution in [0.4, 0.5) is 0 Å². The van der Waals surface area contributed by atoms with E-state index in [-0.39, 0.29) is 30.9 Å². The predicted molar refractivity (Wildman–Crippen MR) is 71.9 cm³/mol. The van der Waals surface area contributed by atoms with E-state index in [4.69, 9.17) is 6.42 Å². The number of nitrogens with zero attached hydrogens (tertiary/aromatic N) is 2. The zero-order chi connectivity index (χ0) is 14.1. The molecule has 1 unspecified atom stereocenters. The van der Waals surface area contributed by atoms with Gasteiger partial charge in [-0.15, -0.1) is 6.42 Å². The van der Waals surface area contributed by atoms with Crippen LogP contribution in [0, 0.1) is 12.3 Å². The molecular weight excluding hydrogens is 230 g/mol. The van der Waals surface area contributed by atoms with Gasteiger partial charge in [0.15, 0.2) is 0 Å². The Labute approximate surface area is 110 Å². The molecule has 5 heteroatoms. The molecule has 102 valence electrons. The minimum atomic E-state index is -0.377. The normalized spacial score (nSPS) is 11.8. The fourth-order valence-electron chi connectivity index (χ4n) is 1.51. The highest BCUT2D eigenvalue weighted by molar-refractivity contribution is 5.83. The van der Waals surface area contributed by atoms with Crippen molar-refractivity contribution >= 4 is 11.8 Å². The Morgan fingerprint density at radius 2 is 1.89 bits per heavy atom. The number of terminal acetylenes is 1. The Kier molecular flexibility index (Phi) is 7.81. The maximum Gasteiger partial charge on any atom is 0.237 e. The van der Waals surface area contributed by atoms with Gasteiger partial charge in [-0.3, -0.25) is 14.5 Å². The van der Waals surface area contributed by atoms with Gasteiger partial charge in [0.1, 0.15) is 0 Å². The summed E-state index contributed by atoms with van der Waals surface area (Å²) < 4.78 is 0. The summed E-state index contributed by atoms with van der Waals surface area (Å²) in [4.78, 5) is 27.0. The highest BCUT2D eigenvalue weighted by Crippen LogP contribution is 1.98. The molecule has 0 heterocycles. The third kappa shape index (κ3) is 5.19. The van der Waals surface area contributed by atoms with E-state index in [0.29, 0.717) is 13.1 Å². The van der Waals surface area contributed by atoms with Gasteiger partial charge in [-0.2, -0.15) is 0 Å². The topological polar surface area (TPSA) is 52.7 Å². The number of amides is 2. The number of carbonyl (C=O) groups excluding carboxylic acids is 2. The molecule has 0 fully saturated rings. The lowest BCUT2D eigenvalue weighted by Crippen LogP contribution is -2.47. The van der Waals surface area contributed by atoms with Crippen LogP contribution >= 0.6 is 0 Å². The second kappa shape index (κ2) is 8.54. The van der Waals surface area contributed by atoms with Crippen LogP contribution in [0.25, 0.3) is 0 Å². The molecule has 0 aliphatic rings. The van der Waals surface area contributed by atoms with Crippen molar-refractivity contribution in [2.75, 3.05) is 33.2 Å². The summed E-state index contributed by atoms with van der Waals surface area (Å²) in [7, 11) is 1.75. The van der Waals surface area contributed by atoms with Crippen LogP contribution < -0.4 is 5.32 Å². The quantitative estimate of drug-likeness (QED) is 0.646. The van der Waals surface area contributed by atoms with Gasteiger partial charge >= 0.3 is 0 Å². The number of likely N-dealkylation sites (N-methyl/N-ethyl adjacent to an activating group) is 2. The van der Waals surface area contributed by atoms with Gasteiger partial charge in [-0.1, -0.05) is 5.92 Å². The first-order chi connectivity index (χ1) is 8.47. The lowest BCUT2D eigenvalue weighted by molar-refractivity contribution is -0.133. The number of carbonyl (C=O) groups is 2. The minimum absolute atomic E-state index is 0.0269. The number of hydrogen-bond acceptors (Lipinski definition) is 3. The molecule has 0 aliphatic carbocycles. The van der Waals surface area contributed by atoms with Crippen molar-refractivity contribution in [3.05, 3.63) is 0 Å². The molecule has 5 nitrogen and oxygen atoms in total. The van der Waals surface area contributed by atoms with Gasteiger partial charge in [0.05, 0.1) is 19.1 Å². The third-order valence-corrected chi connectivity index (χ3v) is 2.91. The Hall–Kier alpha value is -1.54. The molecule has 2 amide bonds. The van der Waals surface area contributed by atoms with Gasteiger partial charge in [0.25, 0.3) is 0 Å². The number of nitrogens with one attached hydrogen (secondary N) is 1. The largest absolute Gasteiger partial charge is 0.344 e. The van der Waals surface area contributed by atoms with Crippen molar-refractivity contribution in [1.29, 1.82) is 0 Å². The van der Waals surface area contributed by atoms with Crippen molar-refractivity contribution in [2.45, 2.75) is 26.8 Å². The Balaban J connectivity index is 4.31. The van der Waals surface area contributed by atoms with Gasteiger partial charge in [0.2, 0.25) is 11.8 Å². The molecule has 0 aromatic rings. The second-order valence-corrected chi connectivity index (χ2v) is 4.08. The van der Waals surface area contributed by atoms with E-state index < -0.39 is 0 Å². The summed E-state index contributed by atoms with van der Waals surface area (Å²) in [5, 5.41) is 2.60. The minimum Gasteiger partial charge on any atom is -0.344 e. The first-order valence-corrected chi connectivity index (χ1v) is 6.17. The highest BCUT2D eigenvalue weighted by atomic mass is 16.2. The van der Waals surface area contributed by atoms with Crippen LogP contribution in [0.5, 0.6) is 0 Å². The molecule has 0 aromatic carbocycles. The molecule has 18 heavy (non-hydrogen) atoms. The molecule has 0 spiro atoms. The molecule has 1 atom stereocenters. The number of rotatable bonds is 7. The van der Waals surface area contributed by atoms with Gasteiger partial charge in [-0.25, -0.2) is 0 Å². The van der Waals surface area contributed by atoms with Gasteiger partial charge in [0, 0.05) is 13.1 Å². The Morgan fingerprint density at radius 3 is 2.33 bits per heavy atom. The molecular formula is C13H23N3O2. The number of hydrogen-bond donors (Lipinski definition) is 1. The van der Waals surface area contributed by atoms with E-state index in [1.165, 1.54) is 0 Å². The van der Waals surface area contributed by atoms with E-state index in [1.807, 2.05) is 13.8 Å². The van der Waals surface area contributed by atoms with Gasteiger partial charge in [-0.05, 0) is 27.8 Å². The molecule has 1 N–H and O–H groups in total. The predicted octanol–water partition coefficient (Wildman–Crippen LogP) is -0.0755. The van der Waals surface area contributed by atoms with E-state index >= 15 is 0 Å². The van der Waals surface area contributed by atoms with Gasteiger partial charge < -0.3 is 10.2 Å². The molecule has 0 bridgehead atoms. The summed E-state index contributed by atoms with van der Waals surface area (Å²) in [6.07, 6.45) is 5.07. The first kappa shape index (κ1) is 16.5. The third-order valence-electron chi connectivity index (χ3n) is 2.91. The van der Waals surface area contributed by atoms with E-state index in [0.717, 1.165) is 0 Å². The Bertz CT molecular complexity index is 319. The van der Waals surface area contributed by atoms with Crippen LogP contribution in [0.3, 0.4) is 0 Å². The summed E-state index contributed by atoms with van der Waals surface area (Å²) in [5.41, 5.74) is 0. The average molecular weight is 253 g/mol. The molecule has 0 saturated heterocycles. The van der Waals surface area contributed by atoms with Crippen molar-refractivity contribution in [3.63, 3.8) is 0 Å². The zero-order valence-electron chi connectivity index (χ0n) is 11.7. The molecule has 0 saturated carbocycles. The maximum atomic E-state index is 11.9. The first-order valence-electron chi connectivity index (χ1n) is 6.17. The lowest BCUT2D eigenvalue weighted by Gasteiger charge is -2.26. The summed E-state index contributed by atoms with van der Waals surface area (Å²) in [6, 6.07) is -0.377. The summed E-state index contributed by atoms with van der Waals surface area (Å²) in [5.74, 6) is 2.21. The highest BCUT2D eigenvalue weighted by Gasteiger charge is 2.21. The summed E-state index contributed by atoms with van der Waals surface area (Å²) in [6.45, 7) is 7.42. The van der Waals surface area contributed by atoms with Crippen LogP contribution in [0.15, 0.2) is 0 Å². The van der Waals surface area contributed by atoms with Crippen LogP contribution in [0.1, 0.15) is 20.8 Å². The average Bonchev–Trinajstić information content (AvgIpc) is 2.36. The second-order valence-electron chi connectivity index (χ2n) is 4.08. The zero-order valence-corrected chi connectivity index (χ0v) is 11.7. The van der Waals surface area contributed by atoms with E-state index in [9.17, 15) is 9.59 Å². The molecule has 0 rings (SSSR count). The lowest BCUT2D eigenvalue weighted by atomic mass is 10.2. The molecule has 0 aliphatic heterocycles. The van der Waals surface area contributed by atoms with E-state index in [1.54, 1.807) is 23.8 Å². The smallest absolute Gasteiger partial charge is 0.237 e. The van der Waals surface area contributed by atoms with Crippen molar-refractivity contribution in [2.24, 2.45) is 0 Å². The van der Waals surface area contributed by atoms with E-state index in [2.05, 4.69) is 11.2 Å². The standard InChI is InChI=1S/C13H23N3O2/c1-6-9-14-13(18)11(4)15(5)10-12(17)16(7-2)8-3/h1,11H,7-10H2,2-5H3,(H,14,18). The van der Waals surface area contributed by atoms with Crippen LogP contribution in [0.2, 0.25) is 0 Å². The molecule has 0 radical (unpaired) electrons. The maximum absolute atomic E-state index is 11.9. The van der Waals surface area contributed by atoms with Crippen molar-refractivity contribution in [3.8, 4) is 12.3 Å². The SMILES string of the molecule is C#CCNC(=O)C(C)N(C)CC(=O)N(CC)CC. The monoisotopic (exact) mass is 253 g/mol. The van der Waals surface area contributed by atoms with Crippen molar-refractivity contribution < 1.29 is 9.59 Å². The van der Waals surface area contributed by atoms with Crippen molar-refractivity contribution in [1.82, 2.24) is 15.1 Å². The van der Waals surface area contributed by atoms with Crippen LogP contribution in [-0.4, -0.2) is 60.9 Å². The van der Waals surface area contributed by atoms with Crippen LogP contribution in [-0.2, 0) is 9.59 Å². The molecule has 0 aromatic heterocycles. The Morgan fingerprint density at radius 1 is 1.33 bits per heavy atom. The fraction of sp³-hybridized carbons (Fsp3) is 0.692.